The first-order valence-corrected chi connectivity index (χ1v) is 6.85. The average molecular weight is 275 g/mol. The lowest BCUT2D eigenvalue weighted by molar-refractivity contribution is 0.0992. The highest BCUT2D eigenvalue weighted by atomic mass is 32.2. The molecule has 0 aliphatic rings. The fourth-order valence-electron chi connectivity index (χ4n) is 1.63. The molecule has 1 aromatic heterocycles. The standard InChI is InChI=1S/C10H17N3O4S/c1-3-13(4-5-14)18(16,17)8-6-9(10(11)15)12(2)7-8/h6-7,14H,3-5H2,1-2H3,(H2,11,15). The van der Waals surface area contributed by atoms with Crippen LogP contribution in [0, 0.1) is 0 Å². The molecule has 0 saturated heterocycles. The Balaban J connectivity index is 3.20. The van der Waals surface area contributed by atoms with E-state index in [1.807, 2.05) is 0 Å². The number of aliphatic hydroxyl groups excluding tert-OH is 1. The lowest BCUT2D eigenvalue weighted by Gasteiger charge is -2.18. The molecule has 1 aromatic rings. The number of nitrogens with zero attached hydrogens (tertiary/aromatic N) is 2. The average Bonchev–Trinajstić information content (AvgIpc) is 2.68. The van der Waals surface area contributed by atoms with Crippen LogP contribution < -0.4 is 5.73 Å². The van der Waals surface area contributed by atoms with Crippen LogP contribution in [0.3, 0.4) is 0 Å². The molecule has 1 heterocycles. The van der Waals surface area contributed by atoms with Crippen molar-refractivity contribution in [1.82, 2.24) is 8.87 Å². The Hall–Kier alpha value is -1.38. The number of likely N-dealkylation sites (N-methyl/N-ethyl adjacent to an activating group) is 1. The fraction of sp³-hybridized carbons (Fsp3) is 0.500. The minimum Gasteiger partial charge on any atom is -0.395 e. The smallest absolute Gasteiger partial charge is 0.265 e. The minimum absolute atomic E-state index is 0.00546. The summed E-state index contributed by atoms with van der Waals surface area (Å²) in [7, 11) is -2.16. The maximum absolute atomic E-state index is 12.2. The molecule has 0 spiro atoms. The molecule has 0 atom stereocenters. The number of primary amides is 1. The van der Waals surface area contributed by atoms with E-state index in [9.17, 15) is 13.2 Å². The number of aliphatic hydroxyl groups is 1. The Bertz CT molecular complexity index is 535. The van der Waals surface area contributed by atoms with Crippen molar-refractivity contribution in [2.45, 2.75) is 11.8 Å². The van der Waals surface area contributed by atoms with Gasteiger partial charge in [0.1, 0.15) is 10.6 Å². The van der Waals surface area contributed by atoms with E-state index in [0.29, 0.717) is 0 Å². The Kier molecular flexibility index (Phi) is 4.49. The number of nitrogens with two attached hydrogens (primary N) is 1. The summed E-state index contributed by atoms with van der Waals surface area (Å²) in [6.07, 6.45) is 1.33. The van der Waals surface area contributed by atoms with Gasteiger partial charge in [0.15, 0.2) is 0 Å². The molecule has 3 N–H and O–H groups in total. The molecule has 0 bridgehead atoms. The van der Waals surface area contributed by atoms with Crippen molar-refractivity contribution < 1.29 is 18.3 Å². The van der Waals surface area contributed by atoms with E-state index < -0.39 is 15.9 Å². The van der Waals surface area contributed by atoms with E-state index in [1.165, 1.54) is 16.8 Å². The summed E-state index contributed by atoms with van der Waals surface area (Å²) in [4.78, 5) is 11.1. The molecule has 1 rings (SSSR count). The molecule has 0 radical (unpaired) electrons. The zero-order chi connectivity index (χ0) is 13.9. The maximum atomic E-state index is 12.2. The second-order valence-electron chi connectivity index (χ2n) is 3.76. The number of hydrogen-bond donors (Lipinski definition) is 2. The zero-order valence-electron chi connectivity index (χ0n) is 10.3. The van der Waals surface area contributed by atoms with Crippen molar-refractivity contribution in [3.8, 4) is 0 Å². The molecule has 1 amide bonds. The van der Waals surface area contributed by atoms with E-state index in [4.69, 9.17) is 10.8 Å². The van der Waals surface area contributed by atoms with E-state index in [0.717, 1.165) is 4.31 Å². The topological polar surface area (TPSA) is 106 Å². The Labute approximate surface area is 106 Å². The molecule has 102 valence electrons. The van der Waals surface area contributed by atoms with Gasteiger partial charge in [0.25, 0.3) is 5.91 Å². The summed E-state index contributed by atoms with van der Waals surface area (Å²) in [6.45, 7) is 1.66. The zero-order valence-corrected chi connectivity index (χ0v) is 11.1. The van der Waals surface area contributed by atoms with E-state index >= 15 is 0 Å². The number of aromatic nitrogens is 1. The number of sulfonamides is 1. The van der Waals surface area contributed by atoms with Crippen LogP contribution >= 0.6 is 0 Å². The van der Waals surface area contributed by atoms with E-state index in [2.05, 4.69) is 0 Å². The first-order valence-electron chi connectivity index (χ1n) is 5.41. The molecule has 0 saturated carbocycles. The molecule has 7 nitrogen and oxygen atoms in total. The highest BCUT2D eigenvalue weighted by Crippen LogP contribution is 2.18. The largest absolute Gasteiger partial charge is 0.395 e. The second-order valence-corrected chi connectivity index (χ2v) is 5.69. The van der Waals surface area contributed by atoms with Crippen LogP contribution in [-0.4, -0.2) is 48.0 Å². The second kappa shape index (κ2) is 5.51. The number of carbonyl (C=O) groups excluding carboxylic acids is 1. The Morgan fingerprint density at radius 2 is 2.17 bits per heavy atom. The van der Waals surface area contributed by atoms with Crippen LogP contribution in [0.15, 0.2) is 17.2 Å². The molecule has 0 unspecified atom stereocenters. The fourth-order valence-corrected chi connectivity index (χ4v) is 3.14. The van der Waals surface area contributed by atoms with Gasteiger partial charge in [0, 0.05) is 26.3 Å². The normalized spacial score (nSPS) is 12.0. The van der Waals surface area contributed by atoms with Gasteiger partial charge in [0.05, 0.1) is 6.61 Å². The van der Waals surface area contributed by atoms with Crippen LogP contribution in [0.4, 0.5) is 0 Å². The van der Waals surface area contributed by atoms with Gasteiger partial charge in [-0.15, -0.1) is 0 Å². The summed E-state index contributed by atoms with van der Waals surface area (Å²) in [5.41, 5.74) is 5.25. The van der Waals surface area contributed by atoms with Gasteiger partial charge >= 0.3 is 0 Å². The number of amides is 1. The van der Waals surface area contributed by atoms with Crippen molar-refractivity contribution in [2.24, 2.45) is 12.8 Å². The number of carbonyl (C=O) groups is 1. The minimum atomic E-state index is -3.70. The van der Waals surface area contributed by atoms with E-state index in [1.54, 1.807) is 14.0 Å². The molecule has 8 heteroatoms. The van der Waals surface area contributed by atoms with Crippen LogP contribution in [0.2, 0.25) is 0 Å². The maximum Gasteiger partial charge on any atom is 0.265 e. The van der Waals surface area contributed by atoms with Gasteiger partial charge < -0.3 is 15.4 Å². The van der Waals surface area contributed by atoms with Crippen LogP contribution in [0.25, 0.3) is 0 Å². The summed E-state index contributed by atoms with van der Waals surface area (Å²) in [5, 5.41) is 8.84. The SMILES string of the molecule is CCN(CCO)S(=O)(=O)c1cc(C(N)=O)n(C)c1. The number of hydrogen-bond acceptors (Lipinski definition) is 4. The van der Waals surface area contributed by atoms with Gasteiger partial charge in [0.2, 0.25) is 10.0 Å². The van der Waals surface area contributed by atoms with Crippen molar-refractivity contribution in [3.63, 3.8) is 0 Å². The third kappa shape index (κ3) is 2.71. The van der Waals surface area contributed by atoms with E-state index in [-0.39, 0.29) is 30.3 Å². The molecule has 0 aliphatic heterocycles. The monoisotopic (exact) mass is 275 g/mol. The third-order valence-electron chi connectivity index (χ3n) is 2.57. The summed E-state index contributed by atoms with van der Waals surface area (Å²) >= 11 is 0. The lowest BCUT2D eigenvalue weighted by atomic mass is 10.4. The van der Waals surface area contributed by atoms with Crippen LogP contribution in [-0.2, 0) is 17.1 Å². The van der Waals surface area contributed by atoms with Gasteiger partial charge in [-0.3, -0.25) is 4.79 Å². The molecular formula is C10H17N3O4S. The van der Waals surface area contributed by atoms with Crippen LogP contribution in [0.1, 0.15) is 17.4 Å². The van der Waals surface area contributed by atoms with Crippen LogP contribution in [0.5, 0.6) is 0 Å². The van der Waals surface area contributed by atoms with Crippen molar-refractivity contribution >= 4 is 15.9 Å². The lowest BCUT2D eigenvalue weighted by Crippen LogP contribution is -2.33. The summed E-state index contributed by atoms with van der Waals surface area (Å²) in [6, 6.07) is 1.23. The van der Waals surface area contributed by atoms with Gasteiger partial charge in [-0.25, -0.2) is 8.42 Å². The Morgan fingerprint density at radius 3 is 2.56 bits per heavy atom. The molecular weight excluding hydrogens is 258 g/mol. The summed E-state index contributed by atoms with van der Waals surface area (Å²) < 4.78 is 26.9. The molecule has 18 heavy (non-hydrogen) atoms. The predicted molar refractivity (Wildman–Crippen MR) is 65.4 cm³/mol. The van der Waals surface area contributed by atoms with Gasteiger partial charge in [-0.1, -0.05) is 6.92 Å². The number of aryl methyl sites for hydroxylation is 1. The van der Waals surface area contributed by atoms with Crippen molar-refractivity contribution in [3.05, 3.63) is 18.0 Å². The first kappa shape index (κ1) is 14.7. The summed E-state index contributed by atoms with van der Waals surface area (Å²) in [5.74, 6) is -0.691. The first-order chi connectivity index (χ1) is 8.34. The van der Waals surface area contributed by atoms with Gasteiger partial charge in [-0.2, -0.15) is 4.31 Å². The van der Waals surface area contributed by atoms with Crippen molar-refractivity contribution in [2.75, 3.05) is 19.7 Å². The highest BCUT2D eigenvalue weighted by molar-refractivity contribution is 7.89. The highest BCUT2D eigenvalue weighted by Gasteiger charge is 2.25. The predicted octanol–water partition coefficient (Wildman–Crippen LogP) is -0.873. The molecule has 0 aromatic carbocycles. The third-order valence-corrected chi connectivity index (χ3v) is 4.51. The van der Waals surface area contributed by atoms with Gasteiger partial charge in [-0.05, 0) is 6.07 Å². The quantitative estimate of drug-likeness (QED) is 0.703. The van der Waals surface area contributed by atoms with Crippen molar-refractivity contribution in [1.29, 1.82) is 0 Å². The number of rotatable bonds is 6. The molecule has 0 aliphatic carbocycles. The Morgan fingerprint density at radius 1 is 1.56 bits per heavy atom. The molecule has 0 fully saturated rings.